The van der Waals surface area contributed by atoms with Crippen LogP contribution in [0.15, 0.2) is 43.0 Å². The molecule has 0 saturated heterocycles. The van der Waals surface area contributed by atoms with Gasteiger partial charge < -0.3 is 14.2 Å². The van der Waals surface area contributed by atoms with E-state index in [4.69, 9.17) is 0 Å². The van der Waals surface area contributed by atoms with Gasteiger partial charge in [0.15, 0.2) is 0 Å². The van der Waals surface area contributed by atoms with E-state index in [0.29, 0.717) is 19.5 Å². The number of hydrogen-bond donors (Lipinski definition) is 0. The lowest BCUT2D eigenvalue weighted by molar-refractivity contribution is -0.141. The Bertz CT molecular complexity index is 743. The van der Waals surface area contributed by atoms with Gasteiger partial charge in [-0.1, -0.05) is 0 Å². The summed E-state index contributed by atoms with van der Waals surface area (Å²) in [5.74, 6) is -0.895. The van der Waals surface area contributed by atoms with E-state index in [0.717, 1.165) is 24.3 Å². The summed E-state index contributed by atoms with van der Waals surface area (Å²) in [4.78, 5) is 29.4. The van der Waals surface area contributed by atoms with Gasteiger partial charge in [0.1, 0.15) is 0 Å². The maximum atomic E-state index is 12.7. The van der Waals surface area contributed by atoms with Crippen LogP contribution in [0, 0.1) is 0 Å². The maximum absolute atomic E-state index is 12.7. The lowest BCUT2D eigenvalue weighted by Crippen LogP contribution is -2.34. The van der Waals surface area contributed by atoms with Crippen LogP contribution in [0.4, 0.5) is 13.2 Å². The number of carbonyl (C=O) groups excluding carboxylic acids is 2. The predicted octanol–water partition coefficient (Wildman–Crippen LogP) is 3.00. The fourth-order valence-electron chi connectivity index (χ4n) is 2.49. The number of aryl methyl sites for hydroxylation is 1. The van der Waals surface area contributed by atoms with Crippen LogP contribution in [0.1, 0.15) is 28.8 Å². The number of carbonyl (C=O) groups is 2. The molecule has 1 amide bonds. The fraction of sp³-hybridized carbons (Fsp3) is 0.389. The topological polar surface area (TPSA) is 64.4 Å². The molecule has 2 rings (SSSR count). The summed E-state index contributed by atoms with van der Waals surface area (Å²) in [5, 5.41) is 0. The third-order valence-electron chi connectivity index (χ3n) is 3.96. The van der Waals surface area contributed by atoms with Gasteiger partial charge in [-0.3, -0.25) is 9.59 Å². The number of aromatic nitrogens is 2. The predicted molar refractivity (Wildman–Crippen MR) is 90.8 cm³/mol. The van der Waals surface area contributed by atoms with E-state index in [1.165, 1.54) is 12.0 Å². The highest BCUT2D eigenvalue weighted by Gasteiger charge is 2.30. The molecule has 1 heterocycles. The van der Waals surface area contributed by atoms with Gasteiger partial charge in [0.05, 0.1) is 25.4 Å². The molecular weight excluding hydrogens is 363 g/mol. The first-order chi connectivity index (χ1) is 12.8. The molecule has 9 heteroatoms. The van der Waals surface area contributed by atoms with E-state index in [-0.39, 0.29) is 18.5 Å². The molecule has 0 radical (unpaired) electrons. The van der Waals surface area contributed by atoms with Gasteiger partial charge in [-0.15, -0.1) is 0 Å². The average molecular weight is 383 g/mol. The zero-order chi connectivity index (χ0) is 19.9. The zero-order valence-electron chi connectivity index (χ0n) is 14.8. The Balaban J connectivity index is 2.05. The average Bonchev–Trinajstić information content (AvgIpc) is 3.16. The van der Waals surface area contributed by atoms with Crippen molar-refractivity contribution in [2.45, 2.75) is 25.6 Å². The molecule has 0 aliphatic rings. The molecule has 0 unspecified atom stereocenters. The van der Waals surface area contributed by atoms with Crippen LogP contribution < -0.4 is 0 Å². The van der Waals surface area contributed by atoms with Crippen molar-refractivity contribution in [1.82, 2.24) is 14.5 Å². The Morgan fingerprint density at radius 2 is 1.89 bits per heavy atom. The van der Waals surface area contributed by atoms with Crippen LogP contribution in [-0.2, 0) is 22.3 Å². The summed E-state index contributed by atoms with van der Waals surface area (Å²) in [7, 11) is 1.25. The molecule has 0 saturated carbocycles. The molecule has 0 bridgehead atoms. The number of ether oxygens (including phenoxy) is 1. The largest absolute Gasteiger partial charge is 0.469 e. The minimum absolute atomic E-state index is 0.00789. The number of amides is 1. The van der Waals surface area contributed by atoms with Crippen molar-refractivity contribution < 1.29 is 27.5 Å². The SMILES string of the molecule is COC(=O)CCN(CCCn1ccnc1)C(=O)c1ccc(C(F)(F)F)cc1. The van der Waals surface area contributed by atoms with Crippen molar-refractivity contribution >= 4 is 11.9 Å². The van der Waals surface area contributed by atoms with Gasteiger partial charge in [-0.25, -0.2) is 4.98 Å². The standard InChI is InChI=1S/C18H20F3N3O3/c1-27-16(25)7-11-24(10-2-9-23-12-8-22-13-23)17(26)14-3-5-15(6-4-14)18(19,20)21/h3-6,8,12-13H,2,7,9-11H2,1H3. The number of imidazole rings is 1. The quantitative estimate of drug-likeness (QED) is 0.658. The monoisotopic (exact) mass is 383 g/mol. The Labute approximate surface area is 154 Å². The summed E-state index contributed by atoms with van der Waals surface area (Å²) in [6.07, 6.45) is 1.23. The molecule has 1 aromatic carbocycles. The Hall–Kier alpha value is -2.84. The summed E-state index contributed by atoms with van der Waals surface area (Å²) in [6, 6.07) is 4.03. The second-order valence-corrected chi connectivity index (χ2v) is 5.85. The van der Waals surface area contributed by atoms with Crippen molar-refractivity contribution in [1.29, 1.82) is 0 Å². The first-order valence-corrected chi connectivity index (χ1v) is 8.30. The number of esters is 1. The van der Waals surface area contributed by atoms with Crippen molar-refractivity contribution in [2.75, 3.05) is 20.2 Å². The third-order valence-corrected chi connectivity index (χ3v) is 3.96. The zero-order valence-corrected chi connectivity index (χ0v) is 14.8. The van der Waals surface area contributed by atoms with Crippen LogP contribution in [0.3, 0.4) is 0 Å². The number of nitrogens with zero attached hydrogens (tertiary/aromatic N) is 3. The third kappa shape index (κ3) is 6.12. The van der Waals surface area contributed by atoms with Gasteiger partial charge >= 0.3 is 12.1 Å². The summed E-state index contributed by atoms with van der Waals surface area (Å²) >= 11 is 0. The minimum atomic E-state index is -4.46. The molecule has 0 spiro atoms. The lowest BCUT2D eigenvalue weighted by atomic mass is 10.1. The summed E-state index contributed by atoms with van der Waals surface area (Å²) in [6.45, 7) is 1.08. The van der Waals surface area contributed by atoms with Crippen molar-refractivity contribution in [2.24, 2.45) is 0 Å². The van der Waals surface area contributed by atoms with Gasteiger partial charge in [-0.05, 0) is 30.7 Å². The minimum Gasteiger partial charge on any atom is -0.469 e. The van der Waals surface area contributed by atoms with E-state index in [2.05, 4.69) is 9.72 Å². The highest BCUT2D eigenvalue weighted by Crippen LogP contribution is 2.29. The number of rotatable bonds is 8. The van der Waals surface area contributed by atoms with Crippen LogP contribution in [-0.4, -0.2) is 46.5 Å². The first kappa shape index (κ1) is 20.5. The molecule has 1 aromatic heterocycles. The smallest absolute Gasteiger partial charge is 0.416 e. The van der Waals surface area contributed by atoms with E-state index < -0.39 is 23.6 Å². The molecule has 0 fully saturated rings. The summed E-state index contributed by atoms with van der Waals surface area (Å²) in [5.41, 5.74) is -0.684. The van der Waals surface area contributed by atoms with Crippen molar-refractivity contribution in [3.63, 3.8) is 0 Å². The molecule has 27 heavy (non-hydrogen) atoms. The second-order valence-electron chi connectivity index (χ2n) is 5.85. The Kier molecular flexibility index (Phi) is 6.98. The van der Waals surface area contributed by atoms with Crippen LogP contribution >= 0.6 is 0 Å². The van der Waals surface area contributed by atoms with E-state index >= 15 is 0 Å². The number of methoxy groups -OCH3 is 1. The second kappa shape index (κ2) is 9.20. The molecule has 0 aliphatic heterocycles. The summed E-state index contributed by atoms with van der Waals surface area (Å²) < 4.78 is 44.5. The van der Waals surface area contributed by atoms with E-state index in [1.54, 1.807) is 18.7 Å². The molecule has 6 nitrogen and oxygen atoms in total. The number of hydrogen-bond acceptors (Lipinski definition) is 4. The molecule has 0 aliphatic carbocycles. The highest BCUT2D eigenvalue weighted by molar-refractivity contribution is 5.94. The normalized spacial score (nSPS) is 11.3. The van der Waals surface area contributed by atoms with Crippen LogP contribution in [0.2, 0.25) is 0 Å². The van der Waals surface area contributed by atoms with Crippen molar-refractivity contribution in [3.05, 3.63) is 54.1 Å². The van der Waals surface area contributed by atoms with Gasteiger partial charge in [0.25, 0.3) is 5.91 Å². The molecule has 0 N–H and O–H groups in total. The van der Waals surface area contributed by atoms with Gasteiger partial charge in [0.2, 0.25) is 0 Å². The van der Waals surface area contributed by atoms with Gasteiger partial charge in [0, 0.05) is 37.6 Å². The molecular formula is C18H20F3N3O3. The van der Waals surface area contributed by atoms with Crippen LogP contribution in [0.5, 0.6) is 0 Å². The first-order valence-electron chi connectivity index (χ1n) is 8.30. The fourth-order valence-corrected chi connectivity index (χ4v) is 2.49. The van der Waals surface area contributed by atoms with E-state index in [9.17, 15) is 22.8 Å². The highest BCUT2D eigenvalue weighted by atomic mass is 19.4. The van der Waals surface area contributed by atoms with Crippen LogP contribution in [0.25, 0.3) is 0 Å². The number of halogens is 3. The van der Waals surface area contributed by atoms with Gasteiger partial charge in [-0.2, -0.15) is 13.2 Å². The number of alkyl halides is 3. The molecule has 0 atom stereocenters. The molecule has 146 valence electrons. The number of benzene rings is 1. The maximum Gasteiger partial charge on any atom is 0.416 e. The Morgan fingerprint density at radius 1 is 1.19 bits per heavy atom. The molecule has 2 aromatic rings. The van der Waals surface area contributed by atoms with Crippen molar-refractivity contribution in [3.8, 4) is 0 Å². The Morgan fingerprint density at radius 3 is 2.44 bits per heavy atom. The van der Waals surface area contributed by atoms with E-state index in [1.807, 2.05) is 4.57 Å². The lowest BCUT2D eigenvalue weighted by Gasteiger charge is -2.22.